The summed E-state index contributed by atoms with van der Waals surface area (Å²) in [6.07, 6.45) is 3.67. The second-order valence-corrected chi connectivity index (χ2v) is 6.95. The molecule has 0 aromatic carbocycles. The van der Waals surface area contributed by atoms with Crippen LogP contribution < -0.4 is 4.74 Å². The van der Waals surface area contributed by atoms with Crippen molar-refractivity contribution in [2.24, 2.45) is 0 Å². The highest BCUT2D eigenvalue weighted by Gasteiger charge is 2.33. The Kier molecular flexibility index (Phi) is 3.34. The molecule has 1 fully saturated rings. The summed E-state index contributed by atoms with van der Waals surface area (Å²) in [5.41, 5.74) is 2.46. The molecule has 2 aromatic heterocycles. The Morgan fingerprint density at radius 1 is 1.43 bits per heavy atom. The number of thiazole rings is 1. The maximum absolute atomic E-state index is 12.2. The predicted molar refractivity (Wildman–Crippen MR) is 80.3 cm³/mol. The lowest BCUT2D eigenvalue weighted by atomic mass is 10.1. The topological polar surface area (TPSA) is 60.2 Å². The lowest BCUT2D eigenvalue weighted by Gasteiger charge is -2.38. The van der Waals surface area contributed by atoms with Gasteiger partial charge in [0.05, 0.1) is 25.0 Å². The fourth-order valence-electron chi connectivity index (χ4n) is 2.49. The minimum Gasteiger partial charge on any atom is -0.463 e. The van der Waals surface area contributed by atoms with Gasteiger partial charge in [0.1, 0.15) is 12.6 Å². The van der Waals surface area contributed by atoms with Gasteiger partial charge in [0.25, 0.3) is 5.19 Å². The van der Waals surface area contributed by atoms with Crippen molar-refractivity contribution in [3.05, 3.63) is 29.0 Å². The quantitative estimate of drug-likeness (QED) is 0.851. The molecule has 0 radical (unpaired) electrons. The van der Waals surface area contributed by atoms with E-state index in [1.807, 2.05) is 32.9 Å². The van der Waals surface area contributed by atoms with E-state index in [1.54, 1.807) is 6.20 Å². The van der Waals surface area contributed by atoms with E-state index in [-0.39, 0.29) is 12.0 Å². The van der Waals surface area contributed by atoms with Gasteiger partial charge in [0.2, 0.25) is 5.91 Å². The first-order chi connectivity index (χ1) is 10.3. The van der Waals surface area contributed by atoms with Crippen molar-refractivity contribution in [3.63, 3.8) is 0 Å². The minimum absolute atomic E-state index is 0.0685. The Hall–Kier alpha value is -1.54. The number of hydrogen-bond acceptors (Lipinski definition) is 6. The molecule has 0 saturated carbocycles. The van der Waals surface area contributed by atoms with Gasteiger partial charge in [-0.25, -0.2) is 4.98 Å². The summed E-state index contributed by atoms with van der Waals surface area (Å²) in [5, 5.41) is 6.87. The lowest BCUT2D eigenvalue weighted by Crippen LogP contribution is -2.57. The lowest BCUT2D eigenvalue weighted by molar-refractivity contribution is -0.140. The first kappa shape index (κ1) is 13.1. The Morgan fingerprint density at radius 3 is 3.14 bits per heavy atom. The number of thioether (sulfide) groups is 1. The van der Waals surface area contributed by atoms with E-state index in [0.717, 1.165) is 11.5 Å². The smallest absolute Gasteiger partial charge is 0.273 e. The molecule has 4 heterocycles. The van der Waals surface area contributed by atoms with Crippen LogP contribution in [0.5, 0.6) is 5.19 Å². The summed E-state index contributed by atoms with van der Waals surface area (Å²) in [6.45, 7) is 1.60. The number of ether oxygens (including phenoxy) is 1. The number of likely N-dealkylation sites (tertiary alicyclic amines) is 1. The Balaban J connectivity index is 1.31. The Bertz CT molecular complexity index is 649. The molecule has 4 rings (SSSR count). The molecule has 0 atom stereocenters. The second kappa shape index (κ2) is 5.34. The molecule has 2 aromatic rings. The van der Waals surface area contributed by atoms with Gasteiger partial charge >= 0.3 is 0 Å². The average molecular weight is 322 g/mol. The first-order valence-electron chi connectivity index (χ1n) is 6.75. The highest BCUT2D eigenvalue weighted by atomic mass is 32.2. The van der Waals surface area contributed by atoms with Gasteiger partial charge in [-0.05, 0) is 0 Å². The van der Waals surface area contributed by atoms with Crippen LogP contribution >= 0.6 is 23.1 Å². The molecule has 8 heteroatoms. The van der Waals surface area contributed by atoms with Crippen molar-refractivity contribution in [1.29, 1.82) is 0 Å². The van der Waals surface area contributed by atoms with Gasteiger partial charge < -0.3 is 9.64 Å². The Labute approximate surface area is 130 Å². The summed E-state index contributed by atoms with van der Waals surface area (Å²) < 4.78 is 7.51. The molecular formula is C13H14N4O2S2. The van der Waals surface area contributed by atoms with Crippen LogP contribution in [-0.2, 0) is 22.8 Å². The first-order valence-corrected chi connectivity index (χ1v) is 8.78. The monoisotopic (exact) mass is 322 g/mol. The van der Waals surface area contributed by atoms with Crippen molar-refractivity contribution < 1.29 is 9.53 Å². The zero-order valence-corrected chi connectivity index (χ0v) is 12.9. The number of carbonyl (C=O) groups excluding carboxylic acids is 1. The van der Waals surface area contributed by atoms with Crippen molar-refractivity contribution in [2.75, 3.05) is 13.1 Å². The molecule has 0 unspecified atom stereocenters. The van der Waals surface area contributed by atoms with Crippen LogP contribution in [0.25, 0.3) is 0 Å². The number of hydrogen-bond donors (Lipinski definition) is 0. The average Bonchev–Trinajstić information content (AvgIpc) is 3.12. The third-order valence-electron chi connectivity index (χ3n) is 3.69. The molecule has 0 spiro atoms. The minimum atomic E-state index is 0.0685. The molecule has 2 aliphatic heterocycles. The van der Waals surface area contributed by atoms with Crippen LogP contribution in [0.2, 0.25) is 0 Å². The summed E-state index contributed by atoms with van der Waals surface area (Å²) in [4.78, 5) is 18.1. The van der Waals surface area contributed by atoms with Gasteiger partial charge in [-0.3, -0.25) is 9.48 Å². The van der Waals surface area contributed by atoms with E-state index in [1.165, 1.54) is 22.6 Å². The van der Waals surface area contributed by atoms with E-state index in [9.17, 15) is 4.79 Å². The van der Waals surface area contributed by atoms with Crippen LogP contribution in [0.1, 0.15) is 11.3 Å². The molecule has 1 saturated heterocycles. The molecule has 2 aliphatic rings. The second-order valence-electron chi connectivity index (χ2n) is 5.10. The molecule has 1 amide bonds. The van der Waals surface area contributed by atoms with Crippen LogP contribution in [0.3, 0.4) is 0 Å². The van der Waals surface area contributed by atoms with Gasteiger partial charge in [-0.1, -0.05) is 11.3 Å². The zero-order chi connectivity index (χ0) is 14.2. The number of aromatic nitrogens is 3. The van der Waals surface area contributed by atoms with Gasteiger partial charge in [-0.2, -0.15) is 16.9 Å². The third kappa shape index (κ3) is 2.53. The summed E-state index contributed by atoms with van der Waals surface area (Å²) in [6, 6.07) is 0. The molecule has 6 nitrogen and oxygen atoms in total. The zero-order valence-electron chi connectivity index (χ0n) is 11.3. The maximum Gasteiger partial charge on any atom is 0.273 e. The normalized spacial score (nSPS) is 17.6. The highest BCUT2D eigenvalue weighted by molar-refractivity contribution is 7.98. The standard InChI is InChI=1S/C13H14N4O2S2/c18-12(6-17-11-8-20-7-9(11)3-15-17)16-4-10(5-16)19-13-14-1-2-21-13/h1-3,10H,4-8H2. The maximum atomic E-state index is 12.2. The predicted octanol–water partition coefficient (Wildman–Crippen LogP) is 1.38. The van der Waals surface area contributed by atoms with Crippen LogP contribution in [0.4, 0.5) is 0 Å². The molecule has 0 bridgehead atoms. The summed E-state index contributed by atoms with van der Waals surface area (Å²) in [7, 11) is 0. The van der Waals surface area contributed by atoms with Crippen molar-refractivity contribution in [1.82, 2.24) is 19.7 Å². The van der Waals surface area contributed by atoms with Gasteiger partial charge in [0, 0.05) is 28.6 Å². The number of carbonyl (C=O) groups is 1. The molecule has 110 valence electrons. The number of amides is 1. The number of nitrogens with zero attached hydrogens (tertiary/aromatic N) is 4. The number of rotatable bonds is 4. The van der Waals surface area contributed by atoms with Gasteiger partial charge in [0.15, 0.2) is 0 Å². The summed E-state index contributed by atoms with van der Waals surface area (Å²) >= 11 is 3.34. The van der Waals surface area contributed by atoms with Crippen LogP contribution in [-0.4, -0.2) is 44.8 Å². The van der Waals surface area contributed by atoms with Crippen LogP contribution in [0.15, 0.2) is 17.8 Å². The highest BCUT2D eigenvalue weighted by Crippen LogP contribution is 2.29. The van der Waals surface area contributed by atoms with Crippen molar-refractivity contribution in [2.45, 2.75) is 24.2 Å². The van der Waals surface area contributed by atoms with Crippen molar-refractivity contribution >= 4 is 29.0 Å². The molecule has 21 heavy (non-hydrogen) atoms. The van der Waals surface area contributed by atoms with E-state index < -0.39 is 0 Å². The SMILES string of the molecule is O=C(Cn1ncc2c1CSC2)N1CC(Oc2nccs2)C1. The van der Waals surface area contributed by atoms with E-state index in [2.05, 4.69) is 10.1 Å². The Morgan fingerprint density at radius 2 is 2.33 bits per heavy atom. The summed E-state index contributed by atoms with van der Waals surface area (Å²) in [5.74, 6) is 2.08. The number of fused-ring (bicyclic) bond motifs is 1. The van der Waals surface area contributed by atoms with Crippen LogP contribution in [0, 0.1) is 0 Å². The van der Waals surface area contributed by atoms with E-state index >= 15 is 0 Å². The largest absolute Gasteiger partial charge is 0.463 e. The fourth-order valence-corrected chi connectivity index (χ4v) is 4.13. The third-order valence-corrected chi connectivity index (χ3v) is 5.35. The van der Waals surface area contributed by atoms with E-state index in [4.69, 9.17) is 4.74 Å². The molecule has 0 N–H and O–H groups in total. The van der Waals surface area contributed by atoms with E-state index in [0.29, 0.717) is 24.8 Å². The fraction of sp³-hybridized carbons (Fsp3) is 0.462. The molecule has 0 aliphatic carbocycles. The van der Waals surface area contributed by atoms with Gasteiger partial charge in [-0.15, -0.1) is 0 Å². The molecular weight excluding hydrogens is 308 g/mol. The van der Waals surface area contributed by atoms with Crippen molar-refractivity contribution in [3.8, 4) is 5.19 Å².